The van der Waals surface area contributed by atoms with Crippen LogP contribution in [0.15, 0.2) is 60.8 Å². The number of hydrogen-bond acceptors (Lipinski definition) is 5. The van der Waals surface area contributed by atoms with Crippen LogP contribution >= 0.6 is 7.92 Å². The second-order valence-electron chi connectivity index (χ2n) is 10.3. The second-order valence-corrected chi connectivity index (χ2v) is 12.5. The summed E-state index contributed by atoms with van der Waals surface area (Å²) in [5, 5.41) is 5.15. The van der Waals surface area contributed by atoms with Crippen LogP contribution in [0.3, 0.4) is 0 Å². The molecule has 0 spiro atoms. The van der Waals surface area contributed by atoms with E-state index in [-0.39, 0.29) is 5.75 Å². The second kappa shape index (κ2) is 11.1. The van der Waals surface area contributed by atoms with Crippen molar-refractivity contribution in [2.75, 3.05) is 50.7 Å². The maximum Gasteiger partial charge on any atom is 0.573 e. The molecule has 206 valence electrons. The lowest BCUT2D eigenvalue weighted by molar-refractivity contribution is -0.274. The van der Waals surface area contributed by atoms with Crippen molar-refractivity contribution in [2.45, 2.75) is 25.2 Å². The van der Waals surface area contributed by atoms with Gasteiger partial charge in [-0.05, 0) is 87.5 Å². The zero-order chi connectivity index (χ0) is 27.7. The zero-order valence-corrected chi connectivity index (χ0v) is 23.4. The molecular formula is C29H33F3N5OP. The number of aromatic nitrogens is 2. The number of fused-ring (bicyclic) bond motifs is 1. The minimum absolute atomic E-state index is 0.253. The molecule has 4 aromatic rings. The summed E-state index contributed by atoms with van der Waals surface area (Å²) >= 11 is 0. The van der Waals surface area contributed by atoms with Crippen LogP contribution < -0.4 is 20.3 Å². The average molecular weight is 556 g/mol. The summed E-state index contributed by atoms with van der Waals surface area (Å²) in [6.45, 7) is 6.21. The van der Waals surface area contributed by atoms with Gasteiger partial charge in [-0.25, -0.2) is 4.98 Å². The molecule has 0 saturated carbocycles. The van der Waals surface area contributed by atoms with Crippen LogP contribution in [0.25, 0.3) is 22.3 Å². The van der Waals surface area contributed by atoms with Crippen LogP contribution in [0, 0.1) is 0 Å². The van der Waals surface area contributed by atoms with Gasteiger partial charge in [-0.1, -0.05) is 20.1 Å². The molecule has 0 atom stereocenters. The van der Waals surface area contributed by atoms with Crippen LogP contribution in [-0.4, -0.2) is 67.8 Å². The number of pyridine rings is 1. The zero-order valence-electron chi connectivity index (χ0n) is 22.5. The van der Waals surface area contributed by atoms with Crippen LogP contribution in [0.5, 0.6) is 5.75 Å². The standard InChI is InChI=1S/C29H33F3N5OP/c1-36(2)20-12-15-37(16-13-20)21-7-5-19(6-8-21)25-18-23-24(11-14-33-28(23)35-25)34-26-17-22(38-29(30,31)32)9-10-27(26)39(3)4/h5-11,14,17-18,20H,12-13,15-16H2,1-4H3,(H2,33,34,35). The first-order chi connectivity index (χ1) is 18.6. The number of benzene rings is 2. The largest absolute Gasteiger partial charge is 0.573 e. The third-order valence-corrected chi connectivity index (χ3v) is 8.58. The van der Waals surface area contributed by atoms with Gasteiger partial charge in [0.15, 0.2) is 0 Å². The number of piperidine rings is 1. The Balaban J connectivity index is 1.39. The van der Waals surface area contributed by atoms with Gasteiger partial charge in [0.2, 0.25) is 0 Å². The van der Waals surface area contributed by atoms with Crippen molar-refractivity contribution in [3.63, 3.8) is 0 Å². The Kier molecular flexibility index (Phi) is 7.74. The van der Waals surface area contributed by atoms with Crippen LogP contribution in [0.2, 0.25) is 0 Å². The molecular weight excluding hydrogens is 522 g/mol. The molecule has 10 heteroatoms. The summed E-state index contributed by atoms with van der Waals surface area (Å²) in [6.07, 6.45) is -0.756. The van der Waals surface area contributed by atoms with Gasteiger partial charge in [0.05, 0.1) is 5.69 Å². The van der Waals surface area contributed by atoms with Gasteiger partial charge in [0, 0.05) is 53.8 Å². The van der Waals surface area contributed by atoms with E-state index in [2.05, 4.69) is 81.5 Å². The Bertz CT molecular complexity index is 1430. The third-order valence-electron chi connectivity index (χ3n) is 7.22. The number of alkyl halides is 3. The fourth-order valence-electron chi connectivity index (χ4n) is 5.13. The number of aromatic amines is 1. The topological polar surface area (TPSA) is 56.4 Å². The minimum atomic E-state index is -4.75. The first kappa shape index (κ1) is 27.3. The highest BCUT2D eigenvalue weighted by molar-refractivity contribution is 7.64. The SMILES string of the molecule is CN(C)C1CCN(c2ccc(-c3cc4c(Nc5cc(OC(F)(F)F)ccc5P(C)C)ccnc4[nH]3)cc2)CC1. The molecule has 1 aliphatic rings. The summed E-state index contributed by atoms with van der Waals surface area (Å²) in [7, 11) is 3.72. The van der Waals surface area contributed by atoms with Gasteiger partial charge in [-0.3, -0.25) is 0 Å². The van der Waals surface area contributed by atoms with Crippen LogP contribution in [0.1, 0.15) is 12.8 Å². The van der Waals surface area contributed by atoms with Crippen molar-refractivity contribution in [1.82, 2.24) is 14.9 Å². The normalized spacial score (nSPS) is 14.9. The Morgan fingerprint density at radius 1 is 1.00 bits per heavy atom. The highest BCUT2D eigenvalue weighted by atomic mass is 31.1. The number of nitrogens with one attached hydrogen (secondary N) is 2. The Morgan fingerprint density at radius 3 is 2.36 bits per heavy atom. The molecule has 0 unspecified atom stereocenters. The molecule has 0 aliphatic carbocycles. The molecule has 3 heterocycles. The van der Waals surface area contributed by atoms with E-state index >= 15 is 0 Å². The summed E-state index contributed by atoms with van der Waals surface area (Å²) in [5.74, 6) is -0.253. The lowest BCUT2D eigenvalue weighted by Gasteiger charge is -2.36. The van der Waals surface area contributed by atoms with E-state index in [9.17, 15) is 13.2 Å². The van der Waals surface area contributed by atoms with Gasteiger partial charge >= 0.3 is 6.36 Å². The third kappa shape index (κ3) is 6.31. The van der Waals surface area contributed by atoms with Crippen molar-refractivity contribution in [3.05, 3.63) is 60.8 Å². The molecule has 39 heavy (non-hydrogen) atoms. The molecule has 5 rings (SSSR count). The van der Waals surface area contributed by atoms with E-state index in [1.165, 1.54) is 17.8 Å². The summed E-state index contributed by atoms with van der Waals surface area (Å²) in [6, 6.07) is 17.5. The Labute approximate surface area is 227 Å². The van der Waals surface area contributed by atoms with Gasteiger partial charge in [0.25, 0.3) is 0 Å². The molecule has 0 amide bonds. The van der Waals surface area contributed by atoms with Crippen molar-refractivity contribution < 1.29 is 17.9 Å². The van der Waals surface area contributed by atoms with E-state index in [0.29, 0.717) is 17.4 Å². The van der Waals surface area contributed by atoms with E-state index in [4.69, 9.17) is 0 Å². The molecule has 2 aromatic heterocycles. The predicted molar refractivity (Wildman–Crippen MR) is 155 cm³/mol. The van der Waals surface area contributed by atoms with Crippen LogP contribution in [-0.2, 0) is 0 Å². The van der Waals surface area contributed by atoms with E-state index in [1.807, 2.05) is 12.1 Å². The number of ether oxygens (including phenoxy) is 1. The number of halogens is 3. The monoisotopic (exact) mass is 555 g/mol. The van der Waals surface area contributed by atoms with E-state index < -0.39 is 14.3 Å². The van der Waals surface area contributed by atoms with Gasteiger partial charge in [-0.2, -0.15) is 0 Å². The first-order valence-corrected chi connectivity index (χ1v) is 15.1. The lowest BCUT2D eigenvalue weighted by atomic mass is 10.0. The highest BCUT2D eigenvalue weighted by Crippen LogP contribution is 2.36. The number of anilines is 3. The lowest BCUT2D eigenvalue weighted by Crippen LogP contribution is -2.41. The molecule has 1 aliphatic heterocycles. The molecule has 1 fully saturated rings. The highest BCUT2D eigenvalue weighted by Gasteiger charge is 2.31. The summed E-state index contributed by atoms with van der Waals surface area (Å²) in [4.78, 5) is 12.6. The maximum atomic E-state index is 12.9. The predicted octanol–water partition coefficient (Wildman–Crippen LogP) is 6.77. The smallest absolute Gasteiger partial charge is 0.406 e. The van der Waals surface area contributed by atoms with Gasteiger partial charge in [-0.15, -0.1) is 13.2 Å². The number of H-pyrrole nitrogens is 1. The van der Waals surface area contributed by atoms with Crippen molar-refractivity contribution in [3.8, 4) is 17.0 Å². The molecule has 2 aromatic carbocycles. The first-order valence-electron chi connectivity index (χ1n) is 12.9. The quantitative estimate of drug-likeness (QED) is 0.247. The van der Waals surface area contributed by atoms with Crippen molar-refractivity contribution >= 4 is 41.3 Å². The minimum Gasteiger partial charge on any atom is -0.406 e. The Morgan fingerprint density at radius 2 is 1.72 bits per heavy atom. The molecule has 2 N–H and O–H groups in total. The fourth-order valence-corrected chi connectivity index (χ4v) is 6.11. The molecule has 0 radical (unpaired) electrons. The maximum absolute atomic E-state index is 12.9. The molecule has 6 nitrogen and oxygen atoms in total. The number of rotatable bonds is 7. The van der Waals surface area contributed by atoms with E-state index in [1.54, 1.807) is 12.3 Å². The summed E-state index contributed by atoms with van der Waals surface area (Å²) < 4.78 is 42.7. The number of hydrogen-bond donors (Lipinski definition) is 2. The molecule has 1 saturated heterocycles. The average Bonchev–Trinajstić information content (AvgIpc) is 3.33. The van der Waals surface area contributed by atoms with Crippen molar-refractivity contribution in [2.24, 2.45) is 0 Å². The Hall–Kier alpha value is -3.29. The van der Waals surface area contributed by atoms with E-state index in [0.717, 1.165) is 53.6 Å². The van der Waals surface area contributed by atoms with Gasteiger partial charge in [0.1, 0.15) is 11.4 Å². The molecule has 0 bridgehead atoms. The van der Waals surface area contributed by atoms with Gasteiger partial charge < -0.3 is 24.8 Å². The fraction of sp³-hybridized carbons (Fsp3) is 0.345. The van der Waals surface area contributed by atoms with Crippen LogP contribution in [0.4, 0.5) is 30.2 Å². The summed E-state index contributed by atoms with van der Waals surface area (Å²) in [5.41, 5.74) is 5.22. The van der Waals surface area contributed by atoms with Crippen molar-refractivity contribution in [1.29, 1.82) is 0 Å². The number of nitrogens with zero attached hydrogens (tertiary/aromatic N) is 3.